The molecule has 0 saturated carbocycles. The molecule has 2 rings (SSSR count). The number of nitrogens with zero attached hydrogens (tertiary/aromatic N) is 2. The molecule has 0 spiro atoms. The van der Waals surface area contributed by atoms with Gasteiger partial charge in [0.1, 0.15) is 11.6 Å². The zero-order valence-electron chi connectivity index (χ0n) is 10.8. The topological polar surface area (TPSA) is 37.8 Å². The van der Waals surface area contributed by atoms with Crippen LogP contribution in [0.2, 0.25) is 0 Å². The van der Waals surface area contributed by atoms with Crippen molar-refractivity contribution in [3.63, 3.8) is 0 Å². The van der Waals surface area contributed by atoms with Gasteiger partial charge < -0.3 is 5.32 Å². The average Bonchev–Trinajstić information content (AvgIpc) is 2.33. The van der Waals surface area contributed by atoms with E-state index in [0.29, 0.717) is 0 Å². The number of hydrogen-bond donors (Lipinski definition) is 1. The van der Waals surface area contributed by atoms with Gasteiger partial charge in [0.05, 0.1) is 0 Å². The fourth-order valence-electron chi connectivity index (χ4n) is 1.84. The average molecular weight is 306 g/mol. The van der Waals surface area contributed by atoms with E-state index in [4.69, 9.17) is 0 Å². The molecular formula is C14H16BrN3. The van der Waals surface area contributed by atoms with E-state index in [1.807, 2.05) is 33.0 Å². The molecule has 2 aromatic rings. The normalized spacial score (nSPS) is 10.4. The molecule has 0 bridgehead atoms. The summed E-state index contributed by atoms with van der Waals surface area (Å²) in [6.07, 6.45) is 0.745. The van der Waals surface area contributed by atoms with Crippen molar-refractivity contribution in [3.05, 3.63) is 51.4 Å². The van der Waals surface area contributed by atoms with Gasteiger partial charge in [0.25, 0.3) is 0 Å². The molecule has 0 fully saturated rings. The van der Waals surface area contributed by atoms with E-state index in [1.54, 1.807) is 0 Å². The summed E-state index contributed by atoms with van der Waals surface area (Å²) in [4.78, 5) is 9.08. The van der Waals surface area contributed by atoms with Crippen molar-refractivity contribution in [1.29, 1.82) is 0 Å². The van der Waals surface area contributed by atoms with Crippen LogP contribution >= 0.6 is 15.9 Å². The molecule has 0 aliphatic carbocycles. The summed E-state index contributed by atoms with van der Waals surface area (Å²) in [6, 6.07) is 8.23. The monoisotopic (exact) mass is 305 g/mol. The Morgan fingerprint density at radius 3 is 2.67 bits per heavy atom. The second-order valence-electron chi connectivity index (χ2n) is 4.26. The summed E-state index contributed by atoms with van der Waals surface area (Å²) < 4.78 is 1.08. The molecule has 1 N–H and O–H groups in total. The molecule has 0 amide bonds. The highest BCUT2D eigenvalue weighted by molar-refractivity contribution is 9.10. The predicted molar refractivity (Wildman–Crippen MR) is 78.0 cm³/mol. The third-order valence-corrected chi connectivity index (χ3v) is 3.42. The fraction of sp³-hybridized carbons (Fsp3) is 0.286. The van der Waals surface area contributed by atoms with Crippen molar-refractivity contribution in [2.75, 3.05) is 12.4 Å². The van der Waals surface area contributed by atoms with Gasteiger partial charge in [0, 0.05) is 29.2 Å². The number of anilines is 1. The zero-order chi connectivity index (χ0) is 13.1. The minimum absolute atomic E-state index is 0.745. The number of aryl methyl sites for hydroxylation is 1. The van der Waals surface area contributed by atoms with Crippen LogP contribution in [0.15, 0.2) is 28.7 Å². The molecule has 0 atom stereocenters. The molecule has 0 aliphatic heterocycles. The highest BCUT2D eigenvalue weighted by Gasteiger charge is 2.07. The van der Waals surface area contributed by atoms with Crippen molar-refractivity contribution >= 4 is 21.7 Å². The second kappa shape index (κ2) is 5.48. The third-order valence-electron chi connectivity index (χ3n) is 2.92. The van der Waals surface area contributed by atoms with E-state index in [9.17, 15) is 0 Å². The molecule has 0 saturated heterocycles. The van der Waals surface area contributed by atoms with E-state index < -0.39 is 0 Å². The van der Waals surface area contributed by atoms with Crippen LogP contribution in [0.25, 0.3) is 0 Å². The van der Waals surface area contributed by atoms with Gasteiger partial charge in [-0.25, -0.2) is 9.97 Å². The van der Waals surface area contributed by atoms with E-state index in [-0.39, 0.29) is 0 Å². The lowest BCUT2D eigenvalue weighted by atomic mass is 10.1. The van der Waals surface area contributed by atoms with Gasteiger partial charge in [-0.15, -0.1) is 0 Å². The second-order valence-corrected chi connectivity index (χ2v) is 5.17. The maximum atomic E-state index is 4.54. The van der Waals surface area contributed by atoms with E-state index >= 15 is 0 Å². The maximum Gasteiger partial charge on any atom is 0.135 e. The summed E-state index contributed by atoms with van der Waals surface area (Å²) in [5.74, 6) is 1.76. The van der Waals surface area contributed by atoms with Gasteiger partial charge in [-0.05, 0) is 31.5 Å². The Labute approximate surface area is 116 Å². The maximum absolute atomic E-state index is 4.54. The minimum atomic E-state index is 0.745. The molecule has 1 heterocycles. The van der Waals surface area contributed by atoms with Crippen LogP contribution in [0.4, 0.5) is 5.82 Å². The van der Waals surface area contributed by atoms with E-state index in [1.165, 1.54) is 5.56 Å². The van der Waals surface area contributed by atoms with Crippen LogP contribution in [0, 0.1) is 13.8 Å². The molecule has 0 aliphatic rings. The van der Waals surface area contributed by atoms with Crippen molar-refractivity contribution in [3.8, 4) is 0 Å². The molecule has 3 nitrogen and oxygen atoms in total. The lowest BCUT2D eigenvalue weighted by molar-refractivity contribution is 0.929. The van der Waals surface area contributed by atoms with E-state index in [0.717, 1.165) is 33.8 Å². The zero-order valence-corrected chi connectivity index (χ0v) is 12.4. The number of nitrogens with one attached hydrogen (secondary N) is 1. The molecule has 0 radical (unpaired) electrons. The van der Waals surface area contributed by atoms with Crippen molar-refractivity contribution in [2.24, 2.45) is 0 Å². The van der Waals surface area contributed by atoms with Gasteiger partial charge in [-0.3, -0.25) is 0 Å². The molecule has 1 aromatic heterocycles. The van der Waals surface area contributed by atoms with Gasteiger partial charge >= 0.3 is 0 Å². The molecule has 0 unspecified atom stereocenters. The fourth-order valence-corrected chi connectivity index (χ4v) is 2.29. The van der Waals surface area contributed by atoms with Crippen LogP contribution in [-0.2, 0) is 6.42 Å². The minimum Gasteiger partial charge on any atom is -0.373 e. The Morgan fingerprint density at radius 2 is 2.00 bits per heavy atom. The first kappa shape index (κ1) is 13.0. The van der Waals surface area contributed by atoms with E-state index in [2.05, 4.69) is 43.3 Å². The number of rotatable bonds is 3. The first-order valence-corrected chi connectivity index (χ1v) is 6.65. The van der Waals surface area contributed by atoms with Gasteiger partial charge in [0.15, 0.2) is 0 Å². The third kappa shape index (κ3) is 2.88. The quantitative estimate of drug-likeness (QED) is 0.943. The van der Waals surface area contributed by atoms with Gasteiger partial charge in [-0.2, -0.15) is 0 Å². The van der Waals surface area contributed by atoms with Crippen LogP contribution in [0.5, 0.6) is 0 Å². The lowest BCUT2D eigenvalue weighted by Crippen LogP contribution is -2.05. The first-order chi connectivity index (χ1) is 8.60. The van der Waals surface area contributed by atoms with Crippen molar-refractivity contribution in [2.45, 2.75) is 20.3 Å². The first-order valence-electron chi connectivity index (χ1n) is 5.86. The van der Waals surface area contributed by atoms with Crippen LogP contribution in [-0.4, -0.2) is 17.0 Å². The highest BCUT2D eigenvalue weighted by atomic mass is 79.9. The molecule has 94 valence electrons. The van der Waals surface area contributed by atoms with Crippen LogP contribution < -0.4 is 5.32 Å². The molecule has 1 aromatic carbocycles. The van der Waals surface area contributed by atoms with Crippen LogP contribution in [0.1, 0.15) is 22.6 Å². The highest BCUT2D eigenvalue weighted by Crippen LogP contribution is 2.17. The largest absolute Gasteiger partial charge is 0.373 e. The summed E-state index contributed by atoms with van der Waals surface area (Å²) in [5.41, 5.74) is 3.34. The number of benzene rings is 1. The van der Waals surface area contributed by atoms with Gasteiger partial charge in [0.2, 0.25) is 0 Å². The SMILES string of the molecule is CNc1nc(Cc2cccc(Br)c2)nc(C)c1C. The standard InChI is InChI=1S/C14H16BrN3/c1-9-10(2)17-13(18-14(9)16-3)8-11-5-4-6-12(15)7-11/h4-7H,8H2,1-3H3,(H,16,17,18). The lowest BCUT2D eigenvalue weighted by Gasteiger charge is -2.09. The van der Waals surface area contributed by atoms with Crippen molar-refractivity contribution in [1.82, 2.24) is 9.97 Å². The Balaban J connectivity index is 2.32. The molecule has 4 heteroatoms. The molecule has 18 heavy (non-hydrogen) atoms. The summed E-state index contributed by atoms with van der Waals surface area (Å²) in [7, 11) is 1.89. The Morgan fingerprint density at radius 1 is 1.22 bits per heavy atom. The number of hydrogen-bond acceptors (Lipinski definition) is 3. The Bertz CT molecular complexity index is 567. The number of aromatic nitrogens is 2. The van der Waals surface area contributed by atoms with Gasteiger partial charge in [-0.1, -0.05) is 28.1 Å². The van der Waals surface area contributed by atoms with Crippen molar-refractivity contribution < 1.29 is 0 Å². The molecular weight excluding hydrogens is 290 g/mol. The summed E-state index contributed by atoms with van der Waals surface area (Å²) in [6.45, 7) is 4.05. The summed E-state index contributed by atoms with van der Waals surface area (Å²) >= 11 is 3.48. The predicted octanol–water partition coefficient (Wildman–Crippen LogP) is 3.49. The Kier molecular flexibility index (Phi) is 3.97. The van der Waals surface area contributed by atoms with Crippen LogP contribution in [0.3, 0.4) is 0 Å². The number of halogens is 1. The Hall–Kier alpha value is -1.42. The smallest absolute Gasteiger partial charge is 0.135 e. The summed E-state index contributed by atoms with van der Waals surface area (Å²) in [5, 5.41) is 3.11.